The van der Waals surface area contributed by atoms with Crippen molar-refractivity contribution < 1.29 is 4.74 Å². The van der Waals surface area contributed by atoms with E-state index < -0.39 is 0 Å². The third-order valence-electron chi connectivity index (χ3n) is 3.24. The lowest BCUT2D eigenvalue weighted by Gasteiger charge is -2.42. The number of rotatable bonds is 2. The lowest BCUT2D eigenvalue weighted by molar-refractivity contribution is -0.0726. The molecule has 1 unspecified atom stereocenters. The Balaban J connectivity index is 1.96. The Morgan fingerprint density at radius 3 is 3.10 bits per heavy atom. The van der Waals surface area contributed by atoms with E-state index in [1.165, 1.54) is 4.52 Å². The van der Waals surface area contributed by atoms with Crippen LogP contribution in [-0.4, -0.2) is 49.9 Å². The highest BCUT2D eigenvalue weighted by Crippen LogP contribution is 2.25. The van der Waals surface area contributed by atoms with Crippen LogP contribution in [0.15, 0.2) is 16.9 Å². The van der Waals surface area contributed by atoms with Crippen molar-refractivity contribution in [3.63, 3.8) is 0 Å². The van der Waals surface area contributed by atoms with Gasteiger partial charge in [0.1, 0.15) is 5.82 Å². The number of fused-ring (bicyclic) bond motifs is 1. The second-order valence-corrected chi connectivity index (χ2v) is 6.17. The van der Waals surface area contributed by atoms with E-state index in [9.17, 15) is 4.79 Å². The average molecular weight is 342 g/mol. The van der Waals surface area contributed by atoms with Gasteiger partial charge in [-0.2, -0.15) is 9.61 Å². The Morgan fingerprint density at radius 1 is 1.55 bits per heavy atom. The van der Waals surface area contributed by atoms with Crippen molar-refractivity contribution in [2.45, 2.75) is 25.6 Å². The number of ether oxygens (including phenoxy) is 1. The maximum atomic E-state index is 11.6. The number of anilines is 1. The van der Waals surface area contributed by atoms with E-state index >= 15 is 0 Å². The molecule has 1 fully saturated rings. The summed E-state index contributed by atoms with van der Waals surface area (Å²) in [5.41, 5.74) is -0.0657. The highest BCUT2D eigenvalue weighted by atomic mass is 79.9. The van der Waals surface area contributed by atoms with Crippen LogP contribution < -0.4 is 10.6 Å². The number of morpholine rings is 1. The summed E-state index contributed by atoms with van der Waals surface area (Å²) in [6.07, 6.45) is 0.0947. The smallest absolute Gasteiger partial charge is 0.364 e. The van der Waals surface area contributed by atoms with Crippen LogP contribution in [0.5, 0.6) is 0 Å². The number of halogens is 1. The first-order valence-electron chi connectivity index (χ1n) is 6.42. The van der Waals surface area contributed by atoms with Gasteiger partial charge in [0.25, 0.3) is 0 Å². The second kappa shape index (κ2) is 4.85. The number of hydrogen-bond donors (Lipinski definition) is 1. The Hall–Kier alpha value is -1.41. The van der Waals surface area contributed by atoms with Gasteiger partial charge in [-0.1, -0.05) is 15.9 Å². The predicted octanol–water partition coefficient (Wildman–Crippen LogP) is 0.796. The van der Waals surface area contributed by atoms with E-state index in [0.29, 0.717) is 5.65 Å². The predicted molar refractivity (Wildman–Crippen MR) is 78.6 cm³/mol. The highest BCUT2D eigenvalue weighted by molar-refractivity contribution is 9.09. The molecule has 8 heteroatoms. The molecule has 3 heterocycles. The zero-order valence-electron chi connectivity index (χ0n) is 11.3. The van der Waals surface area contributed by atoms with Crippen molar-refractivity contribution >= 4 is 27.4 Å². The summed E-state index contributed by atoms with van der Waals surface area (Å²) in [6, 6.07) is 3.66. The minimum atomic E-state index is -0.327. The van der Waals surface area contributed by atoms with E-state index in [0.717, 1.165) is 24.2 Å². The van der Waals surface area contributed by atoms with Crippen LogP contribution in [0.1, 0.15) is 13.8 Å². The van der Waals surface area contributed by atoms with Crippen LogP contribution in [0.4, 0.5) is 5.82 Å². The molecule has 0 aliphatic carbocycles. The van der Waals surface area contributed by atoms with Gasteiger partial charge in [0.2, 0.25) is 0 Å². The number of aromatic amines is 1. The summed E-state index contributed by atoms with van der Waals surface area (Å²) in [7, 11) is 0. The van der Waals surface area contributed by atoms with Gasteiger partial charge in [0, 0.05) is 18.4 Å². The quantitative estimate of drug-likeness (QED) is 0.817. The van der Waals surface area contributed by atoms with E-state index in [-0.39, 0.29) is 17.4 Å². The molecule has 2 aromatic heterocycles. The van der Waals surface area contributed by atoms with Crippen LogP contribution >= 0.6 is 15.9 Å². The fraction of sp³-hybridized carbons (Fsp3) is 0.583. The van der Waals surface area contributed by atoms with Gasteiger partial charge in [-0.3, -0.25) is 0 Å². The number of hydrogen-bond acceptors (Lipinski definition) is 5. The average Bonchev–Trinajstić information content (AvgIpc) is 2.78. The van der Waals surface area contributed by atoms with Crippen molar-refractivity contribution in [2.24, 2.45) is 0 Å². The zero-order chi connectivity index (χ0) is 14.3. The molecule has 0 saturated carbocycles. The molecule has 20 heavy (non-hydrogen) atoms. The number of aromatic nitrogens is 4. The molecule has 1 N–H and O–H groups in total. The molecule has 1 aliphatic heterocycles. The normalized spacial score (nSPS) is 22.4. The molecule has 0 amide bonds. The molecule has 2 aromatic rings. The van der Waals surface area contributed by atoms with Gasteiger partial charge in [-0.15, -0.1) is 5.10 Å². The van der Waals surface area contributed by atoms with E-state index in [2.05, 4.69) is 50.0 Å². The molecule has 1 aliphatic rings. The molecule has 0 radical (unpaired) electrons. The third kappa shape index (κ3) is 2.45. The molecule has 0 spiro atoms. The van der Waals surface area contributed by atoms with Crippen LogP contribution in [0.25, 0.3) is 5.65 Å². The highest BCUT2D eigenvalue weighted by Gasteiger charge is 2.33. The third-order valence-corrected chi connectivity index (χ3v) is 3.96. The molecule has 3 rings (SSSR count). The van der Waals surface area contributed by atoms with Crippen molar-refractivity contribution in [3.05, 3.63) is 22.6 Å². The molecular formula is C12H16BrN5O2. The van der Waals surface area contributed by atoms with E-state index in [4.69, 9.17) is 4.74 Å². The molecule has 0 aromatic carbocycles. The van der Waals surface area contributed by atoms with Crippen LogP contribution in [0.3, 0.4) is 0 Å². The fourth-order valence-corrected chi connectivity index (χ4v) is 2.85. The first kappa shape index (κ1) is 13.6. The van der Waals surface area contributed by atoms with Crippen molar-refractivity contribution in [2.75, 3.05) is 23.3 Å². The molecular weight excluding hydrogens is 326 g/mol. The zero-order valence-corrected chi connectivity index (χ0v) is 12.9. The van der Waals surface area contributed by atoms with E-state index in [1.54, 1.807) is 6.07 Å². The summed E-state index contributed by atoms with van der Waals surface area (Å²) < 4.78 is 7.25. The summed E-state index contributed by atoms with van der Waals surface area (Å²) in [6.45, 7) is 5.57. The first-order valence-corrected chi connectivity index (χ1v) is 7.54. The molecule has 1 atom stereocenters. The van der Waals surface area contributed by atoms with Crippen molar-refractivity contribution in [1.29, 1.82) is 0 Å². The van der Waals surface area contributed by atoms with Crippen LogP contribution in [-0.2, 0) is 4.74 Å². The lowest BCUT2D eigenvalue weighted by Crippen LogP contribution is -2.53. The minimum Gasteiger partial charge on any atom is -0.368 e. The maximum absolute atomic E-state index is 11.6. The lowest BCUT2D eigenvalue weighted by atomic mass is 10.1. The Kier molecular flexibility index (Phi) is 3.29. The second-order valence-electron chi connectivity index (χ2n) is 5.52. The molecule has 0 bridgehead atoms. The van der Waals surface area contributed by atoms with Gasteiger partial charge >= 0.3 is 5.69 Å². The molecule has 7 nitrogen and oxygen atoms in total. The Morgan fingerprint density at radius 2 is 2.35 bits per heavy atom. The largest absolute Gasteiger partial charge is 0.368 e. The summed E-state index contributed by atoms with van der Waals surface area (Å²) in [5.74, 6) is 0.753. The molecule has 108 valence electrons. The summed E-state index contributed by atoms with van der Waals surface area (Å²) >= 11 is 3.47. The van der Waals surface area contributed by atoms with E-state index in [1.807, 2.05) is 6.07 Å². The van der Waals surface area contributed by atoms with Crippen LogP contribution in [0.2, 0.25) is 0 Å². The van der Waals surface area contributed by atoms with Gasteiger partial charge in [0.15, 0.2) is 5.65 Å². The van der Waals surface area contributed by atoms with Gasteiger partial charge in [-0.05, 0) is 26.0 Å². The number of nitrogens with one attached hydrogen (secondary N) is 1. The standard InChI is InChI=1S/C12H16BrN5O2/c1-12(2)7-17(6-8(5-13)20-12)10-4-3-9-14-15-11(19)18(9)16-10/h3-4,8H,5-7H2,1-2H3,(H,15,19). The number of alkyl halides is 1. The maximum Gasteiger partial charge on any atom is 0.364 e. The van der Waals surface area contributed by atoms with Gasteiger partial charge < -0.3 is 9.64 Å². The first-order chi connectivity index (χ1) is 9.48. The Bertz CT molecular complexity index is 680. The number of nitrogens with zero attached hydrogens (tertiary/aromatic N) is 4. The topological polar surface area (TPSA) is 75.5 Å². The minimum absolute atomic E-state index is 0.0947. The Labute approximate surface area is 124 Å². The van der Waals surface area contributed by atoms with Gasteiger partial charge in [0.05, 0.1) is 11.7 Å². The van der Waals surface area contributed by atoms with Crippen molar-refractivity contribution in [1.82, 2.24) is 19.8 Å². The molecule has 1 saturated heterocycles. The monoisotopic (exact) mass is 341 g/mol. The van der Waals surface area contributed by atoms with Gasteiger partial charge in [-0.25, -0.2) is 9.89 Å². The summed E-state index contributed by atoms with van der Waals surface area (Å²) in [4.78, 5) is 13.7. The SMILES string of the molecule is CC1(C)CN(c2ccc3n[nH]c(=O)n3n2)CC(CBr)O1. The van der Waals surface area contributed by atoms with Crippen molar-refractivity contribution in [3.8, 4) is 0 Å². The fourth-order valence-electron chi connectivity index (χ4n) is 2.51. The van der Waals surface area contributed by atoms with Crippen LogP contribution in [0, 0.1) is 0 Å². The number of H-pyrrole nitrogens is 1. The summed E-state index contributed by atoms with van der Waals surface area (Å²) in [5, 5.41) is 11.4.